The number of carbonyl (C=O) groups excluding carboxylic acids is 1. The van der Waals surface area contributed by atoms with E-state index >= 15 is 0 Å². The van der Waals surface area contributed by atoms with Crippen molar-refractivity contribution < 1.29 is 9.53 Å². The minimum Gasteiger partial charge on any atom is -0.380 e. The molecule has 1 heterocycles. The molecule has 1 aromatic rings. The maximum absolute atomic E-state index is 12.5. The summed E-state index contributed by atoms with van der Waals surface area (Å²) in [4.78, 5) is 14.3. The second-order valence-electron chi connectivity index (χ2n) is 4.32. The Morgan fingerprint density at radius 2 is 2.16 bits per heavy atom. The predicted octanol–water partition coefficient (Wildman–Crippen LogP) is 3.16. The molecule has 0 saturated heterocycles. The summed E-state index contributed by atoms with van der Waals surface area (Å²) in [6, 6.07) is 1.89. The number of carbonyl (C=O) groups is 1. The zero-order valence-corrected chi connectivity index (χ0v) is 13.6. The van der Waals surface area contributed by atoms with Crippen LogP contribution in [-0.2, 0) is 11.3 Å². The van der Waals surface area contributed by atoms with Crippen molar-refractivity contribution >= 4 is 21.8 Å². The predicted molar refractivity (Wildman–Crippen MR) is 80.5 cm³/mol. The Bertz CT molecular complexity index is 404. The van der Waals surface area contributed by atoms with Crippen molar-refractivity contribution in [2.75, 3.05) is 26.3 Å². The zero-order chi connectivity index (χ0) is 14.3. The highest BCUT2D eigenvalue weighted by molar-refractivity contribution is 9.10. The number of hydrogen-bond acceptors (Lipinski definition) is 2. The van der Waals surface area contributed by atoms with Gasteiger partial charge in [-0.3, -0.25) is 4.79 Å². The zero-order valence-electron chi connectivity index (χ0n) is 12.0. The van der Waals surface area contributed by atoms with Gasteiger partial charge in [-0.1, -0.05) is 6.92 Å². The molecule has 0 radical (unpaired) electrons. The van der Waals surface area contributed by atoms with E-state index in [2.05, 4.69) is 22.9 Å². The summed E-state index contributed by atoms with van der Waals surface area (Å²) in [6.45, 7) is 9.52. The van der Waals surface area contributed by atoms with E-state index in [0.717, 1.165) is 23.1 Å². The summed E-state index contributed by atoms with van der Waals surface area (Å²) in [5.41, 5.74) is 0.743. The SMILES string of the molecule is CCCn1cc(Br)cc1C(=O)N(CC)CCOCC. The third-order valence-corrected chi connectivity index (χ3v) is 3.36. The summed E-state index contributed by atoms with van der Waals surface area (Å²) in [5.74, 6) is 0.0707. The maximum atomic E-state index is 12.5. The fourth-order valence-corrected chi connectivity index (χ4v) is 2.43. The van der Waals surface area contributed by atoms with Crippen LogP contribution in [0.3, 0.4) is 0 Å². The van der Waals surface area contributed by atoms with Crippen LogP contribution in [0.1, 0.15) is 37.7 Å². The molecule has 0 bridgehead atoms. The highest BCUT2D eigenvalue weighted by atomic mass is 79.9. The summed E-state index contributed by atoms with van der Waals surface area (Å²) >= 11 is 3.44. The van der Waals surface area contributed by atoms with Gasteiger partial charge in [0.2, 0.25) is 0 Å². The van der Waals surface area contributed by atoms with E-state index in [1.165, 1.54) is 0 Å². The third-order valence-electron chi connectivity index (χ3n) is 2.93. The van der Waals surface area contributed by atoms with Crippen LogP contribution in [0.15, 0.2) is 16.7 Å². The third kappa shape index (κ3) is 4.66. The van der Waals surface area contributed by atoms with Gasteiger partial charge in [-0.05, 0) is 42.3 Å². The molecule has 0 aliphatic carbocycles. The molecule has 0 spiro atoms. The molecule has 0 fully saturated rings. The lowest BCUT2D eigenvalue weighted by Crippen LogP contribution is -2.35. The van der Waals surface area contributed by atoms with Crippen LogP contribution < -0.4 is 0 Å². The first-order valence-corrected chi connectivity index (χ1v) is 7.65. The van der Waals surface area contributed by atoms with Gasteiger partial charge < -0.3 is 14.2 Å². The molecule has 5 heteroatoms. The van der Waals surface area contributed by atoms with Gasteiger partial charge in [0.15, 0.2) is 0 Å². The molecule has 1 aromatic heterocycles. The minimum absolute atomic E-state index is 0.0707. The van der Waals surface area contributed by atoms with Gasteiger partial charge in [0, 0.05) is 36.9 Å². The Labute approximate surface area is 123 Å². The smallest absolute Gasteiger partial charge is 0.270 e. The largest absolute Gasteiger partial charge is 0.380 e. The standard InChI is InChI=1S/C14H23BrN2O2/c1-4-7-17-11-12(15)10-13(17)14(18)16(5-2)8-9-19-6-3/h10-11H,4-9H2,1-3H3. The molecule has 108 valence electrons. The number of aryl methyl sites for hydroxylation is 1. The van der Waals surface area contributed by atoms with Gasteiger partial charge in [0.05, 0.1) is 6.61 Å². The van der Waals surface area contributed by atoms with Crippen molar-refractivity contribution in [3.8, 4) is 0 Å². The maximum Gasteiger partial charge on any atom is 0.270 e. The van der Waals surface area contributed by atoms with Crippen molar-refractivity contribution in [2.24, 2.45) is 0 Å². The number of nitrogens with zero attached hydrogens (tertiary/aromatic N) is 2. The first-order chi connectivity index (χ1) is 9.13. The van der Waals surface area contributed by atoms with Crippen LogP contribution >= 0.6 is 15.9 Å². The van der Waals surface area contributed by atoms with Crippen LogP contribution in [0, 0.1) is 0 Å². The Kier molecular flexibility index (Phi) is 7.16. The molecule has 0 aliphatic heterocycles. The van der Waals surface area contributed by atoms with E-state index < -0.39 is 0 Å². The van der Waals surface area contributed by atoms with E-state index in [9.17, 15) is 4.79 Å². The second-order valence-corrected chi connectivity index (χ2v) is 5.23. The topological polar surface area (TPSA) is 34.5 Å². The number of likely N-dealkylation sites (N-methyl/N-ethyl adjacent to an activating group) is 1. The molecule has 0 saturated carbocycles. The average molecular weight is 331 g/mol. The monoisotopic (exact) mass is 330 g/mol. The molecule has 0 unspecified atom stereocenters. The van der Waals surface area contributed by atoms with Gasteiger partial charge in [0.25, 0.3) is 5.91 Å². The second kappa shape index (κ2) is 8.38. The van der Waals surface area contributed by atoms with Crippen LogP contribution in [0.25, 0.3) is 0 Å². The molecule has 0 aliphatic rings. The average Bonchev–Trinajstić information content (AvgIpc) is 2.75. The van der Waals surface area contributed by atoms with Crippen LogP contribution in [-0.4, -0.2) is 41.7 Å². The Hall–Kier alpha value is -0.810. The first-order valence-electron chi connectivity index (χ1n) is 6.86. The summed E-state index contributed by atoms with van der Waals surface area (Å²) in [6.07, 6.45) is 2.97. The molecular formula is C14H23BrN2O2. The van der Waals surface area contributed by atoms with Crippen molar-refractivity contribution in [3.63, 3.8) is 0 Å². The number of hydrogen-bond donors (Lipinski definition) is 0. The van der Waals surface area contributed by atoms with Gasteiger partial charge in [-0.25, -0.2) is 0 Å². The molecule has 0 N–H and O–H groups in total. The first kappa shape index (κ1) is 16.2. The fourth-order valence-electron chi connectivity index (χ4n) is 1.96. The molecule has 1 rings (SSSR count). The minimum atomic E-state index is 0.0707. The van der Waals surface area contributed by atoms with Crippen LogP contribution in [0.2, 0.25) is 0 Å². The van der Waals surface area contributed by atoms with E-state index in [1.807, 2.05) is 35.6 Å². The van der Waals surface area contributed by atoms with Crippen LogP contribution in [0.4, 0.5) is 0 Å². The van der Waals surface area contributed by atoms with Gasteiger partial charge >= 0.3 is 0 Å². The number of amides is 1. The van der Waals surface area contributed by atoms with Gasteiger partial charge in [-0.15, -0.1) is 0 Å². The van der Waals surface area contributed by atoms with Gasteiger partial charge in [-0.2, -0.15) is 0 Å². The number of halogens is 1. The number of aromatic nitrogens is 1. The van der Waals surface area contributed by atoms with Crippen molar-refractivity contribution in [3.05, 3.63) is 22.4 Å². The van der Waals surface area contributed by atoms with Crippen molar-refractivity contribution in [1.29, 1.82) is 0 Å². The van der Waals surface area contributed by atoms with E-state index in [0.29, 0.717) is 26.3 Å². The number of ether oxygens (including phenoxy) is 1. The van der Waals surface area contributed by atoms with E-state index in [1.54, 1.807) is 0 Å². The Morgan fingerprint density at radius 3 is 2.74 bits per heavy atom. The quantitative estimate of drug-likeness (QED) is 0.686. The lowest BCUT2D eigenvalue weighted by molar-refractivity contribution is 0.0659. The molecule has 1 amide bonds. The lowest BCUT2D eigenvalue weighted by atomic mass is 10.3. The Balaban J connectivity index is 2.78. The van der Waals surface area contributed by atoms with Gasteiger partial charge in [0.1, 0.15) is 5.69 Å². The summed E-state index contributed by atoms with van der Waals surface area (Å²) < 4.78 is 8.28. The molecule has 4 nitrogen and oxygen atoms in total. The van der Waals surface area contributed by atoms with E-state index in [4.69, 9.17) is 4.74 Å². The van der Waals surface area contributed by atoms with Crippen molar-refractivity contribution in [2.45, 2.75) is 33.7 Å². The fraction of sp³-hybridized carbons (Fsp3) is 0.643. The number of rotatable bonds is 8. The molecular weight excluding hydrogens is 308 g/mol. The normalized spacial score (nSPS) is 10.7. The highest BCUT2D eigenvalue weighted by Gasteiger charge is 2.18. The summed E-state index contributed by atoms with van der Waals surface area (Å²) in [5, 5.41) is 0. The molecule has 0 aromatic carbocycles. The van der Waals surface area contributed by atoms with E-state index in [-0.39, 0.29) is 5.91 Å². The van der Waals surface area contributed by atoms with Crippen molar-refractivity contribution in [1.82, 2.24) is 9.47 Å². The molecule has 0 atom stereocenters. The molecule has 19 heavy (non-hydrogen) atoms. The highest BCUT2D eigenvalue weighted by Crippen LogP contribution is 2.17. The Morgan fingerprint density at radius 1 is 1.42 bits per heavy atom. The van der Waals surface area contributed by atoms with Crippen LogP contribution in [0.5, 0.6) is 0 Å². The summed E-state index contributed by atoms with van der Waals surface area (Å²) in [7, 11) is 0. The lowest BCUT2D eigenvalue weighted by Gasteiger charge is -2.21.